The summed E-state index contributed by atoms with van der Waals surface area (Å²) in [6.45, 7) is 6.74. The van der Waals surface area contributed by atoms with Crippen LogP contribution in [-0.2, 0) is 15.1 Å². The van der Waals surface area contributed by atoms with E-state index < -0.39 is 23.2 Å². The Hall–Kier alpha value is -2.24. The van der Waals surface area contributed by atoms with Crippen LogP contribution in [0.3, 0.4) is 0 Å². The lowest BCUT2D eigenvalue weighted by atomic mass is 9.87. The molecule has 6 nitrogen and oxygen atoms in total. The van der Waals surface area contributed by atoms with E-state index in [-0.39, 0.29) is 12.2 Å². The van der Waals surface area contributed by atoms with Gasteiger partial charge in [-0.05, 0) is 44.9 Å². The first-order chi connectivity index (χ1) is 9.60. The summed E-state index contributed by atoms with van der Waals surface area (Å²) < 4.78 is 5.13. The van der Waals surface area contributed by atoms with E-state index >= 15 is 0 Å². The highest BCUT2D eigenvalue weighted by Crippen LogP contribution is 2.27. The second-order valence-corrected chi connectivity index (χ2v) is 5.74. The van der Waals surface area contributed by atoms with Gasteiger partial charge in [-0.25, -0.2) is 9.59 Å². The number of hydrogen-bond acceptors (Lipinski definition) is 4. The molecule has 0 spiro atoms. The maximum Gasteiger partial charge on any atom is 0.408 e. The maximum atomic E-state index is 11.9. The van der Waals surface area contributed by atoms with Crippen LogP contribution < -0.4 is 5.32 Å². The number of carboxylic acid groups (broad SMARTS) is 1. The molecule has 0 saturated carbocycles. The van der Waals surface area contributed by atoms with E-state index in [1.165, 1.54) is 24.3 Å². The van der Waals surface area contributed by atoms with Gasteiger partial charge in [-0.3, -0.25) is 0 Å². The summed E-state index contributed by atoms with van der Waals surface area (Å²) in [5, 5.41) is 21.3. The van der Waals surface area contributed by atoms with Crippen molar-refractivity contribution in [2.45, 2.75) is 45.3 Å². The van der Waals surface area contributed by atoms with E-state index in [0.717, 1.165) is 0 Å². The molecule has 0 radical (unpaired) electrons. The molecule has 1 amide bonds. The first kappa shape index (κ1) is 16.8. The molecule has 1 rings (SSSR count). The highest BCUT2D eigenvalue weighted by Gasteiger charge is 2.41. The Labute approximate surface area is 123 Å². The topological polar surface area (TPSA) is 95.9 Å². The fourth-order valence-electron chi connectivity index (χ4n) is 1.92. The van der Waals surface area contributed by atoms with Crippen molar-refractivity contribution < 1.29 is 24.5 Å². The first-order valence-corrected chi connectivity index (χ1v) is 6.65. The van der Waals surface area contributed by atoms with Crippen LogP contribution >= 0.6 is 0 Å². The van der Waals surface area contributed by atoms with Gasteiger partial charge in [0.1, 0.15) is 11.4 Å². The Morgan fingerprint density at radius 1 is 1.19 bits per heavy atom. The van der Waals surface area contributed by atoms with Gasteiger partial charge in [-0.1, -0.05) is 19.1 Å². The molecule has 21 heavy (non-hydrogen) atoms. The van der Waals surface area contributed by atoms with Crippen molar-refractivity contribution in [3.8, 4) is 5.75 Å². The van der Waals surface area contributed by atoms with Gasteiger partial charge in [-0.2, -0.15) is 0 Å². The molecular weight excluding hydrogens is 274 g/mol. The van der Waals surface area contributed by atoms with E-state index in [2.05, 4.69) is 5.32 Å². The fraction of sp³-hybridized carbons (Fsp3) is 0.467. The average molecular weight is 295 g/mol. The number of phenols is 1. The predicted octanol–water partition coefficient (Wildman–Crippen LogP) is 2.61. The predicted molar refractivity (Wildman–Crippen MR) is 77.1 cm³/mol. The largest absolute Gasteiger partial charge is 0.508 e. The molecule has 0 heterocycles. The van der Waals surface area contributed by atoms with E-state index in [4.69, 9.17) is 4.74 Å². The SMILES string of the molecule is CC[C@@](NC(=O)OC(C)(C)C)(C(=O)O)c1ccc(O)cc1. The zero-order valence-corrected chi connectivity index (χ0v) is 12.6. The Balaban J connectivity index is 3.13. The Bertz CT molecular complexity index is 518. The van der Waals surface area contributed by atoms with E-state index in [9.17, 15) is 19.8 Å². The summed E-state index contributed by atoms with van der Waals surface area (Å²) in [6, 6.07) is 5.67. The number of aliphatic carboxylic acids is 1. The fourth-order valence-corrected chi connectivity index (χ4v) is 1.92. The molecule has 1 aromatic rings. The number of carboxylic acids is 1. The third-order valence-corrected chi connectivity index (χ3v) is 2.97. The van der Waals surface area contributed by atoms with Gasteiger partial charge in [0.2, 0.25) is 0 Å². The number of carbonyl (C=O) groups is 2. The lowest BCUT2D eigenvalue weighted by Gasteiger charge is -2.31. The molecule has 0 bridgehead atoms. The number of rotatable bonds is 4. The van der Waals surface area contributed by atoms with Gasteiger partial charge in [0.15, 0.2) is 5.54 Å². The minimum absolute atomic E-state index is 0.0198. The van der Waals surface area contributed by atoms with Crippen LogP contribution in [0.2, 0.25) is 0 Å². The Morgan fingerprint density at radius 3 is 2.10 bits per heavy atom. The standard InChI is InChI=1S/C15H21NO5/c1-5-15(12(18)19,10-6-8-11(17)9-7-10)16-13(20)21-14(2,3)4/h6-9,17H,5H2,1-4H3,(H,16,20)(H,18,19)/t15-/m0/s1. The molecule has 0 fully saturated rings. The van der Waals surface area contributed by atoms with Crippen molar-refractivity contribution in [3.05, 3.63) is 29.8 Å². The number of nitrogens with one attached hydrogen (secondary N) is 1. The average Bonchev–Trinajstić information content (AvgIpc) is 2.34. The lowest BCUT2D eigenvalue weighted by molar-refractivity contribution is -0.145. The number of carbonyl (C=O) groups excluding carboxylic acids is 1. The minimum atomic E-state index is -1.60. The molecule has 0 saturated heterocycles. The van der Waals surface area contributed by atoms with Gasteiger partial charge in [0.25, 0.3) is 0 Å². The van der Waals surface area contributed by atoms with Crippen molar-refractivity contribution in [3.63, 3.8) is 0 Å². The summed E-state index contributed by atoms with van der Waals surface area (Å²) in [5.41, 5.74) is -1.96. The normalized spacial score (nSPS) is 14.1. The van der Waals surface area contributed by atoms with Crippen LogP contribution in [-0.4, -0.2) is 27.9 Å². The molecule has 1 aromatic carbocycles. The number of amides is 1. The van der Waals surface area contributed by atoms with E-state index in [1.54, 1.807) is 27.7 Å². The van der Waals surface area contributed by atoms with Crippen molar-refractivity contribution in [1.82, 2.24) is 5.32 Å². The summed E-state index contributed by atoms with van der Waals surface area (Å²) >= 11 is 0. The quantitative estimate of drug-likeness (QED) is 0.793. The van der Waals surface area contributed by atoms with Gasteiger partial charge in [0, 0.05) is 0 Å². The minimum Gasteiger partial charge on any atom is -0.508 e. The summed E-state index contributed by atoms with van der Waals surface area (Å²) in [6.07, 6.45) is -0.674. The molecule has 1 atom stereocenters. The zero-order chi connectivity index (χ0) is 16.3. The smallest absolute Gasteiger partial charge is 0.408 e. The molecule has 0 aliphatic carbocycles. The van der Waals surface area contributed by atoms with Crippen molar-refractivity contribution in [2.75, 3.05) is 0 Å². The lowest BCUT2D eigenvalue weighted by Crippen LogP contribution is -2.52. The molecular formula is C15H21NO5. The number of ether oxygens (including phenoxy) is 1. The van der Waals surface area contributed by atoms with Crippen LogP contribution in [0.25, 0.3) is 0 Å². The maximum absolute atomic E-state index is 11.9. The number of aromatic hydroxyl groups is 1. The summed E-state index contributed by atoms with van der Waals surface area (Å²) in [7, 11) is 0. The molecule has 0 unspecified atom stereocenters. The monoisotopic (exact) mass is 295 g/mol. The van der Waals surface area contributed by atoms with Gasteiger partial charge < -0.3 is 20.3 Å². The highest BCUT2D eigenvalue weighted by molar-refractivity contribution is 5.86. The zero-order valence-electron chi connectivity index (χ0n) is 12.6. The van der Waals surface area contributed by atoms with Crippen LogP contribution in [0, 0.1) is 0 Å². The molecule has 0 aliphatic heterocycles. The molecule has 3 N–H and O–H groups in total. The first-order valence-electron chi connectivity index (χ1n) is 6.65. The number of phenolic OH excluding ortho intramolecular Hbond substituents is 1. The van der Waals surface area contributed by atoms with E-state index in [1.807, 2.05) is 0 Å². The van der Waals surface area contributed by atoms with Crippen LogP contribution in [0.1, 0.15) is 39.7 Å². The van der Waals surface area contributed by atoms with Gasteiger partial charge in [-0.15, -0.1) is 0 Å². The molecule has 116 valence electrons. The molecule has 0 aliphatic rings. The third-order valence-electron chi connectivity index (χ3n) is 2.97. The Kier molecular flexibility index (Phi) is 4.83. The van der Waals surface area contributed by atoms with Crippen LogP contribution in [0.5, 0.6) is 5.75 Å². The second kappa shape index (κ2) is 6.03. The molecule has 0 aromatic heterocycles. The summed E-state index contributed by atoms with van der Waals surface area (Å²) in [4.78, 5) is 23.6. The van der Waals surface area contributed by atoms with Gasteiger partial charge in [0.05, 0.1) is 0 Å². The second-order valence-electron chi connectivity index (χ2n) is 5.74. The summed E-state index contributed by atoms with van der Waals surface area (Å²) in [5.74, 6) is -1.17. The van der Waals surface area contributed by atoms with Crippen molar-refractivity contribution in [1.29, 1.82) is 0 Å². The highest BCUT2D eigenvalue weighted by atomic mass is 16.6. The van der Waals surface area contributed by atoms with Gasteiger partial charge >= 0.3 is 12.1 Å². The van der Waals surface area contributed by atoms with Crippen LogP contribution in [0.15, 0.2) is 24.3 Å². The number of hydrogen-bond donors (Lipinski definition) is 3. The number of alkyl carbamates (subject to hydrolysis) is 1. The van der Waals surface area contributed by atoms with Crippen LogP contribution in [0.4, 0.5) is 4.79 Å². The molecule has 6 heteroatoms. The van der Waals surface area contributed by atoms with Crippen molar-refractivity contribution in [2.24, 2.45) is 0 Å². The van der Waals surface area contributed by atoms with Crippen molar-refractivity contribution >= 4 is 12.1 Å². The Morgan fingerprint density at radius 2 is 1.71 bits per heavy atom. The number of benzene rings is 1. The third kappa shape index (κ3) is 4.11. The van der Waals surface area contributed by atoms with E-state index in [0.29, 0.717) is 5.56 Å².